The van der Waals surface area contributed by atoms with E-state index in [1.54, 1.807) is 24.3 Å². The number of nitrogens with one attached hydrogen (secondary N) is 2. The smallest absolute Gasteiger partial charge is 0.291 e. The van der Waals surface area contributed by atoms with Gasteiger partial charge >= 0.3 is 0 Å². The van der Waals surface area contributed by atoms with Gasteiger partial charge in [-0.3, -0.25) is 14.5 Å². The molecule has 1 aliphatic heterocycles. The number of rotatable bonds is 8. The zero-order chi connectivity index (χ0) is 21.5. The number of hydrogen-bond acceptors (Lipinski definition) is 6. The Morgan fingerprint density at radius 3 is 2.48 bits per heavy atom. The lowest BCUT2D eigenvalue weighted by atomic mass is 10.2. The van der Waals surface area contributed by atoms with Crippen LogP contribution in [0.2, 0.25) is 0 Å². The van der Waals surface area contributed by atoms with Crippen LogP contribution in [0, 0.1) is 0 Å². The Balaban J connectivity index is 1.14. The van der Waals surface area contributed by atoms with Gasteiger partial charge in [-0.25, -0.2) is 0 Å². The third-order valence-corrected chi connectivity index (χ3v) is 6.24. The molecule has 0 spiro atoms. The molecule has 2 aromatic heterocycles. The van der Waals surface area contributed by atoms with Gasteiger partial charge in [0.2, 0.25) is 0 Å². The van der Waals surface area contributed by atoms with Crippen molar-refractivity contribution >= 4 is 33.8 Å². The van der Waals surface area contributed by atoms with Gasteiger partial charge in [-0.2, -0.15) is 0 Å². The fourth-order valence-corrected chi connectivity index (χ4v) is 4.39. The van der Waals surface area contributed by atoms with Crippen molar-refractivity contribution in [1.82, 2.24) is 10.2 Å². The van der Waals surface area contributed by atoms with Gasteiger partial charge in [0.25, 0.3) is 11.8 Å². The number of anilines is 2. The highest BCUT2D eigenvalue weighted by Gasteiger charge is 2.17. The van der Waals surface area contributed by atoms with Gasteiger partial charge in [-0.05, 0) is 49.4 Å². The van der Waals surface area contributed by atoms with Crippen LogP contribution < -0.4 is 15.5 Å². The average molecular weight is 439 g/mol. The second-order valence-corrected chi connectivity index (χ2v) is 8.45. The molecule has 1 saturated heterocycles. The number of piperazine rings is 1. The zero-order valence-electron chi connectivity index (χ0n) is 17.3. The summed E-state index contributed by atoms with van der Waals surface area (Å²) in [6, 6.07) is 17.2. The molecule has 2 amide bonds. The molecule has 3 aromatic rings. The van der Waals surface area contributed by atoms with Crippen LogP contribution in [0.1, 0.15) is 26.6 Å². The minimum absolute atomic E-state index is 0.114. The molecule has 0 unspecified atom stereocenters. The maximum atomic E-state index is 12.4. The topological polar surface area (TPSA) is 77.8 Å². The lowest BCUT2D eigenvalue weighted by Gasteiger charge is -2.36. The summed E-state index contributed by atoms with van der Waals surface area (Å²) >= 11 is 1.25. The van der Waals surface area contributed by atoms with Gasteiger partial charge in [0, 0.05) is 38.4 Å². The molecule has 0 bridgehead atoms. The molecule has 1 aliphatic rings. The molecule has 2 N–H and O–H groups in total. The van der Waals surface area contributed by atoms with Crippen molar-refractivity contribution in [3.05, 3.63) is 71.5 Å². The second-order valence-electron chi connectivity index (χ2n) is 7.37. The maximum Gasteiger partial charge on any atom is 0.291 e. The van der Waals surface area contributed by atoms with Gasteiger partial charge in [-0.15, -0.1) is 11.3 Å². The number of amides is 2. The van der Waals surface area contributed by atoms with Crippen molar-refractivity contribution in [3.8, 4) is 0 Å². The highest BCUT2D eigenvalue weighted by atomic mass is 32.1. The monoisotopic (exact) mass is 438 g/mol. The molecule has 3 heterocycles. The predicted molar refractivity (Wildman–Crippen MR) is 123 cm³/mol. The van der Waals surface area contributed by atoms with E-state index in [9.17, 15) is 9.59 Å². The summed E-state index contributed by atoms with van der Waals surface area (Å²) in [6.45, 7) is 5.72. The Hall–Kier alpha value is -3.10. The minimum atomic E-state index is -0.328. The summed E-state index contributed by atoms with van der Waals surface area (Å²) in [5.74, 6) is -0.201. The Morgan fingerprint density at radius 2 is 1.74 bits per heavy atom. The summed E-state index contributed by atoms with van der Waals surface area (Å²) in [5.41, 5.74) is 1.28. The molecule has 4 rings (SSSR count). The van der Waals surface area contributed by atoms with Crippen molar-refractivity contribution in [3.63, 3.8) is 0 Å². The Bertz CT molecular complexity index is 979. The number of hydrogen-bond donors (Lipinski definition) is 2. The number of furan rings is 1. The lowest BCUT2D eigenvalue weighted by Crippen LogP contribution is -2.47. The highest BCUT2D eigenvalue weighted by Crippen LogP contribution is 2.22. The first-order valence-electron chi connectivity index (χ1n) is 10.4. The van der Waals surface area contributed by atoms with Crippen LogP contribution in [0.15, 0.2) is 65.3 Å². The zero-order valence-corrected chi connectivity index (χ0v) is 18.1. The quantitative estimate of drug-likeness (QED) is 0.526. The molecule has 0 atom stereocenters. The fourth-order valence-electron chi connectivity index (χ4n) is 3.57. The van der Waals surface area contributed by atoms with Crippen molar-refractivity contribution < 1.29 is 14.0 Å². The van der Waals surface area contributed by atoms with Gasteiger partial charge in [-0.1, -0.05) is 18.2 Å². The van der Waals surface area contributed by atoms with Gasteiger partial charge in [0.15, 0.2) is 5.76 Å². The lowest BCUT2D eigenvalue weighted by molar-refractivity contribution is 0.0954. The fraction of sp³-hybridized carbons (Fsp3) is 0.304. The normalized spacial score (nSPS) is 14.4. The molecule has 7 nitrogen and oxygen atoms in total. The van der Waals surface area contributed by atoms with Crippen molar-refractivity contribution in [2.24, 2.45) is 0 Å². The summed E-state index contributed by atoms with van der Waals surface area (Å²) in [6.07, 6.45) is 2.36. The van der Waals surface area contributed by atoms with Crippen LogP contribution in [0.3, 0.4) is 0 Å². The van der Waals surface area contributed by atoms with Crippen LogP contribution >= 0.6 is 11.3 Å². The van der Waals surface area contributed by atoms with Crippen molar-refractivity contribution in [2.45, 2.75) is 6.42 Å². The number of benzene rings is 1. The van der Waals surface area contributed by atoms with Crippen molar-refractivity contribution in [2.75, 3.05) is 49.5 Å². The van der Waals surface area contributed by atoms with E-state index in [2.05, 4.69) is 44.7 Å². The second kappa shape index (κ2) is 10.3. The van der Waals surface area contributed by atoms with E-state index in [-0.39, 0.29) is 17.6 Å². The molecule has 162 valence electrons. The Kier molecular flexibility index (Phi) is 7.01. The molecule has 31 heavy (non-hydrogen) atoms. The molecule has 8 heteroatoms. The standard InChI is InChI=1S/C23H26N4O3S/c28-22(19-8-4-17-30-19)25-21-10-9-20(31-21)23(29)24-11-5-12-26-13-15-27(16-14-26)18-6-2-1-3-7-18/h1-4,6-10,17H,5,11-16H2,(H,24,29)(H,25,28). The van der Waals surface area contributed by atoms with E-state index in [1.807, 2.05) is 6.07 Å². The number of carbonyl (C=O) groups excluding carboxylic acids is 2. The van der Waals surface area contributed by atoms with Crippen molar-refractivity contribution in [1.29, 1.82) is 0 Å². The first-order valence-corrected chi connectivity index (χ1v) is 11.3. The van der Waals surface area contributed by atoms with Gasteiger partial charge in [0.05, 0.1) is 16.1 Å². The third-order valence-electron chi connectivity index (χ3n) is 5.24. The third kappa shape index (κ3) is 5.74. The maximum absolute atomic E-state index is 12.4. The number of thiophene rings is 1. The van der Waals surface area contributed by atoms with Crippen LogP contribution in [0.4, 0.5) is 10.7 Å². The van der Waals surface area contributed by atoms with Crippen LogP contribution in [0.5, 0.6) is 0 Å². The summed E-state index contributed by atoms with van der Waals surface area (Å²) < 4.78 is 5.07. The van der Waals surface area contributed by atoms with E-state index >= 15 is 0 Å². The van der Waals surface area contributed by atoms with Crippen LogP contribution in [-0.4, -0.2) is 56.0 Å². The molecular weight excluding hydrogens is 412 g/mol. The average Bonchev–Trinajstić information content (AvgIpc) is 3.50. The first kappa shape index (κ1) is 21.1. The Labute approximate surface area is 185 Å². The summed E-state index contributed by atoms with van der Waals surface area (Å²) in [4.78, 5) is 29.8. The molecular formula is C23H26N4O3S. The van der Waals surface area contributed by atoms with Crippen LogP contribution in [-0.2, 0) is 0 Å². The molecule has 1 fully saturated rings. The van der Waals surface area contributed by atoms with Crippen LogP contribution in [0.25, 0.3) is 0 Å². The van der Waals surface area contributed by atoms with Gasteiger partial charge < -0.3 is 20.0 Å². The molecule has 0 saturated carbocycles. The number of carbonyl (C=O) groups is 2. The predicted octanol–water partition coefficient (Wildman–Crippen LogP) is 3.54. The summed E-state index contributed by atoms with van der Waals surface area (Å²) in [7, 11) is 0. The minimum Gasteiger partial charge on any atom is -0.459 e. The van der Waals surface area contributed by atoms with E-state index < -0.39 is 0 Å². The van der Waals surface area contributed by atoms with Gasteiger partial charge in [0.1, 0.15) is 0 Å². The largest absolute Gasteiger partial charge is 0.459 e. The van der Waals surface area contributed by atoms with E-state index in [4.69, 9.17) is 4.42 Å². The number of para-hydroxylation sites is 1. The first-order chi connectivity index (χ1) is 15.2. The molecule has 0 radical (unpaired) electrons. The number of nitrogens with zero attached hydrogens (tertiary/aromatic N) is 2. The Morgan fingerprint density at radius 1 is 0.935 bits per heavy atom. The van der Waals surface area contributed by atoms with E-state index in [0.717, 1.165) is 39.1 Å². The molecule has 1 aromatic carbocycles. The molecule has 0 aliphatic carbocycles. The SMILES string of the molecule is O=C(Nc1ccc(C(=O)NCCCN2CCN(c3ccccc3)CC2)s1)c1ccco1. The highest BCUT2D eigenvalue weighted by molar-refractivity contribution is 7.18. The van der Waals surface area contributed by atoms with E-state index in [1.165, 1.54) is 23.3 Å². The summed E-state index contributed by atoms with van der Waals surface area (Å²) in [5, 5.41) is 6.32. The van der Waals surface area contributed by atoms with E-state index in [0.29, 0.717) is 16.4 Å².